The summed E-state index contributed by atoms with van der Waals surface area (Å²) in [6.45, 7) is 0. The number of aliphatic hydroxyl groups excluding tert-OH is 1. The lowest BCUT2D eigenvalue weighted by molar-refractivity contribution is 0.126. The number of rotatable bonds is 3. The van der Waals surface area contributed by atoms with Crippen LogP contribution in [0.25, 0.3) is 5.52 Å². The zero-order chi connectivity index (χ0) is 13.2. The minimum atomic E-state index is -0.460. The Balaban J connectivity index is 1.83. The van der Waals surface area contributed by atoms with Crippen molar-refractivity contribution in [3.63, 3.8) is 0 Å². The molecule has 0 saturated heterocycles. The van der Waals surface area contributed by atoms with Crippen LogP contribution in [0.1, 0.15) is 50.3 Å². The van der Waals surface area contributed by atoms with Gasteiger partial charge in [0.2, 0.25) is 0 Å². The van der Waals surface area contributed by atoms with E-state index in [-0.39, 0.29) is 0 Å². The van der Waals surface area contributed by atoms with E-state index in [1.807, 2.05) is 16.5 Å². The summed E-state index contributed by atoms with van der Waals surface area (Å²) in [6.07, 6.45) is 10.3. The zero-order valence-electron chi connectivity index (χ0n) is 10.9. The van der Waals surface area contributed by atoms with Crippen molar-refractivity contribution in [1.29, 1.82) is 0 Å². The van der Waals surface area contributed by atoms with Crippen molar-refractivity contribution in [3.05, 3.63) is 35.4 Å². The van der Waals surface area contributed by atoms with Gasteiger partial charge in [0.05, 0.1) is 29.8 Å². The molecule has 0 aromatic carbocycles. The lowest BCUT2D eigenvalue weighted by Crippen LogP contribution is -2.13. The maximum Gasteiger partial charge on any atom is 0.0995 e. The normalized spacial score (nSPS) is 18.8. The molecular weight excluding hydrogens is 260 g/mol. The summed E-state index contributed by atoms with van der Waals surface area (Å²) >= 11 is 6.12. The van der Waals surface area contributed by atoms with E-state index in [0.29, 0.717) is 10.9 Å². The molecule has 102 valence electrons. The van der Waals surface area contributed by atoms with E-state index < -0.39 is 6.10 Å². The Bertz CT molecular complexity index is 560. The average molecular weight is 279 g/mol. The second-order valence-electron chi connectivity index (χ2n) is 5.54. The third kappa shape index (κ3) is 2.77. The van der Waals surface area contributed by atoms with Gasteiger partial charge in [-0.2, -0.15) is 0 Å². The van der Waals surface area contributed by atoms with E-state index in [1.165, 1.54) is 32.1 Å². The van der Waals surface area contributed by atoms with Crippen LogP contribution in [-0.4, -0.2) is 14.5 Å². The van der Waals surface area contributed by atoms with Crippen molar-refractivity contribution < 1.29 is 5.11 Å². The van der Waals surface area contributed by atoms with E-state index in [4.69, 9.17) is 11.6 Å². The van der Waals surface area contributed by atoms with Gasteiger partial charge in [0.15, 0.2) is 0 Å². The van der Waals surface area contributed by atoms with Crippen LogP contribution < -0.4 is 0 Å². The van der Waals surface area contributed by atoms with Crippen LogP contribution in [0.4, 0.5) is 0 Å². The van der Waals surface area contributed by atoms with Gasteiger partial charge in [0.25, 0.3) is 0 Å². The molecule has 0 aliphatic heterocycles. The maximum absolute atomic E-state index is 10.5. The number of nitrogens with zero attached hydrogens (tertiary/aromatic N) is 2. The number of imidazole rings is 1. The predicted octanol–water partition coefficient (Wildman–Crippen LogP) is 3.99. The minimum Gasteiger partial charge on any atom is -0.387 e. The number of halogens is 1. The van der Waals surface area contributed by atoms with Crippen molar-refractivity contribution in [2.75, 3.05) is 0 Å². The molecular formula is C15H19ClN2O. The molecule has 3 rings (SSSR count). The van der Waals surface area contributed by atoms with E-state index in [0.717, 1.165) is 17.6 Å². The fourth-order valence-corrected chi connectivity index (χ4v) is 3.36. The quantitative estimate of drug-likeness (QED) is 0.922. The molecule has 2 heterocycles. The van der Waals surface area contributed by atoms with Gasteiger partial charge in [0, 0.05) is 5.02 Å². The summed E-state index contributed by atoms with van der Waals surface area (Å²) in [6, 6.07) is 3.72. The Morgan fingerprint density at radius 3 is 2.89 bits per heavy atom. The lowest BCUT2D eigenvalue weighted by Gasteiger charge is -2.24. The number of hydrogen-bond acceptors (Lipinski definition) is 2. The minimum absolute atomic E-state index is 0.460. The fraction of sp³-hybridized carbons (Fsp3) is 0.533. The monoisotopic (exact) mass is 278 g/mol. The highest BCUT2D eigenvalue weighted by Gasteiger charge is 2.20. The van der Waals surface area contributed by atoms with Crippen molar-refractivity contribution in [1.82, 2.24) is 9.38 Å². The molecule has 1 N–H and O–H groups in total. The molecule has 19 heavy (non-hydrogen) atoms. The summed E-state index contributed by atoms with van der Waals surface area (Å²) in [5.74, 6) is 0.640. The van der Waals surface area contributed by atoms with Crippen molar-refractivity contribution in [2.24, 2.45) is 5.92 Å². The Kier molecular flexibility index (Phi) is 3.76. The Hall–Kier alpha value is -1.06. The molecule has 0 bridgehead atoms. The van der Waals surface area contributed by atoms with Crippen LogP contribution in [-0.2, 0) is 0 Å². The molecule has 1 fully saturated rings. The summed E-state index contributed by atoms with van der Waals surface area (Å²) < 4.78 is 1.93. The third-order valence-electron chi connectivity index (χ3n) is 4.14. The highest BCUT2D eigenvalue weighted by molar-refractivity contribution is 6.31. The molecule has 0 amide bonds. The molecule has 0 unspecified atom stereocenters. The molecule has 2 aromatic heterocycles. The van der Waals surface area contributed by atoms with Gasteiger partial charge in [-0.3, -0.25) is 0 Å². The van der Waals surface area contributed by atoms with E-state index in [1.54, 1.807) is 12.5 Å². The molecule has 2 aromatic rings. The smallest absolute Gasteiger partial charge is 0.0995 e. The standard InChI is InChI=1S/C15H19ClN2O/c16-12-7-13-9-17-10-18(13)14(8-12)15(19)6-11-4-2-1-3-5-11/h7-11,15,19H,1-6H2/t15-/m1/s1. The average Bonchev–Trinajstić information content (AvgIpc) is 2.86. The lowest BCUT2D eigenvalue weighted by atomic mass is 9.85. The molecule has 1 atom stereocenters. The first-order valence-corrected chi connectivity index (χ1v) is 7.41. The highest BCUT2D eigenvalue weighted by atomic mass is 35.5. The van der Waals surface area contributed by atoms with Gasteiger partial charge in [-0.1, -0.05) is 43.7 Å². The molecule has 3 nitrogen and oxygen atoms in total. The number of aromatic nitrogens is 2. The van der Waals surface area contributed by atoms with Crippen LogP contribution in [0.3, 0.4) is 0 Å². The molecule has 1 saturated carbocycles. The van der Waals surface area contributed by atoms with Crippen LogP contribution in [0.2, 0.25) is 5.02 Å². The van der Waals surface area contributed by atoms with Gasteiger partial charge in [-0.25, -0.2) is 4.98 Å². The first kappa shape index (κ1) is 12.9. The topological polar surface area (TPSA) is 37.5 Å². The van der Waals surface area contributed by atoms with E-state index >= 15 is 0 Å². The Morgan fingerprint density at radius 1 is 1.32 bits per heavy atom. The van der Waals surface area contributed by atoms with Gasteiger partial charge in [-0.15, -0.1) is 0 Å². The van der Waals surface area contributed by atoms with Crippen molar-refractivity contribution >= 4 is 17.1 Å². The highest BCUT2D eigenvalue weighted by Crippen LogP contribution is 2.32. The van der Waals surface area contributed by atoms with E-state index in [2.05, 4.69) is 4.98 Å². The second-order valence-corrected chi connectivity index (χ2v) is 5.98. The van der Waals surface area contributed by atoms with Gasteiger partial charge in [-0.05, 0) is 24.5 Å². The summed E-state index contributed by atoms with van der Waals surface area (Å²) in [7, 11) is 0. The Morgan fingerprint density at radius 2 is 2.11 bits per heavy atom. The molecule has 0 spiro atoms. The first-order valence-electron chi connectivity index (χ1n) is 7.03. The summed E-state index contributed by atoms with van der Waals surface area (Å²) in [4.78, 5) is 4.13. The Labute approximate surface area is 118 Å². The zero-order valence-corrected chi connectivity index (χ0v) is 11.7. The summed E-state index contributed by atoms with van der Waals surface area (Å²) in [5, 5.41) is 11.2. The third-order valence-corrected chi connectivity index (χ3v) is 4.36. The SMILES string of the molecule is O[C@H](CC1CCCCC1)c1cc(Cl)cc2cncn12. The van der Waals surface area contributed by atoms with Crippen LogP contribution in [0, 0.1) is 5.92 Å². The van der Waals surface area contributed by atoms with Crippen LogP contribution in [0.15, 0.2) is 24.7 Å². The maximum atomic E-state index is 10.5. The van der Waals surface area contributed by atoms with Crippen LogP contribution in [0.5, 0.6) is 0 Å². The van der Waals surface area contributed by atoms with Gasteiger partial charge in [0.1, 0.15) is 0 Å². The van der Waals surface area contributed by atoms with Crippen molar-refractivity contribution in [3.8, 4) is 0 Å². The van der Waals surface area contributed by atoms with Crippen LogP contribution >= 0.6 is 11.6 Å². The second kappa shape index (κ2) is 5.51. The van der Waals surface area contributed by atoms with E-state index in [9.17, 15) is 5.11 Å². The first-order chi connectivity index (χ1) is 9.24. The number of aliphatic hydroxyl groups is 1. The number of fused-ring (bicyclic) bond motifs is 1. The van der Waals surface area contributed by atoms with Gasteiger partial charge < -0.3 is 9.51 Å². The molecule has 1 aliphatic rings. The molecule has 1 aliphatic carbocycles. The number of pyridine rings is 1. The largest absolute Gasteiger partial charge is 0.387 e. The van der Waals surface area contributed by atoms with Crippen molar-refractivity contribution in [2.45, 2.75) is 44.6 Å². The predicted molar refractivity (Wildman–Crippen MR) is 76.4 cm³/mol. The summed E-state index contributed by atoms with van der Waals surface area (Å²) in [5.41, 5.74) is 1.79. The molecule has 0 radical (unpaired) electrons. The van der Waals surface area contributed by atoms with Gasteiger partial charge >= 0.3 is 0 Å². The number of hydrogen-bond donors (Lipinski definition) is 1. The fourth-order valence-electron chi connectivity index (χ4n) is 3.14. The molecule has 4 heteroatoms.